The van der Waals surface area contributed by atoms with Crippen molar-refractivity contribution in [2.24, 2.45) is 0 Å². The topological polar surface area (TPSA) is 21.7 Å². The molecule has 0 bridgehead atoms. The fraction of sp³-hybridized carbons (Fsp3) is 0.0303. The van der Waals surface area contributed by atoms with Crippen LogP contribution in [0.2, 0.25) is 0 Å². The van der Waals surface area contributed by atoms with Gasteiger partial charge in [-0.25, -0.2) is 0 Å². The van der Waals surface area contributed by atoms with E-state index in [9.17, 15) is 0 Å². The van der Waals surface area contributed by atoms with Crippen molar-refractivity contribution in [3.05, 3.63) is 293 Å². The Morgan fingerprint density at radius 2 is 0.652 bits per heavy atom. The molecule has 2 spiro atoms. The first-order valence-corrected chi connectivity index (χ1v) is 23.8. The Morgan fingerprint density at radius 1 is 0.261 bits per heavy atom. The van der Waals surface area contributed by atoms with Crippen molar-refractivity contribution in [1.29, 1.82) is 0 Å². The lowest BCUT2D eigenvalue weighted by Crippen LogP contribution is -2.32. The van der Waals surface area contributed by atoms with Gasteiger partial charge in [0.15, 0.2) is 0 Å². The van der Waals surface area contributed by atoms with E-state index >= 15 is 0 Å². The normalized spacial score (nSPS) is 14.3. The zero-order chi connectivity index (χ0) is 45.3. The third-order valence-electron chi connectivity index (χ3n) is 15.4. The molecule has 15 rings (SSSR count). The van der Waals surface area contributed by atoms with Crippen LogP contribution in [-0.4, -0.2) is 0 Å². The molecule has 69 heavy (non-hydrogen) atoms. The molecular formula is C66H41NO2. The molecule has 3 nitrogen and oxygen atoms in total. The fourth-order valence-corrected chi connectivity index (χ4v) is 12.8. The van der Waals surface area contributed by atoms with E-state index in [1.54, 1.807) is 0 Å². The van der Waals surface area contributed by atoms with Gasteiger partial charge in [-0.1, -0.05) is 194 Å². The van der Waals surface area contributed by atoms with Crippen LogP contribution in [0.15, 0.2) is 249 Å². The predicted octanol–water partition coefficient (Wildman–Crippen LogP) is 16.9. The van der Waals surface area contributed by atoms with E-state index in [-0.39, 0.29) is 0 Å². The number of rotatable bonds is 4. The summed E-state index contributed by atoms with van der Waals surface area (Å²) in [6.07, 6.45) is 0. The van der Waals surface area contributed by atoms with Crippen LogP contribution in [-0.2, 0) is 10.8 Å². The first-order valence-electron chi connectivity index (χ1n) is 23.8. The first-order chi connectivity index (χ1) is 34.2. The summed E-state index contributed by atoms with van der Waals surface area (Å²) in [5, 5.41) is 2.41. The van der Waals surface area contributed by atoms with Gasteiger partial charge < -0.3 is 14.4 Å². The molecule has 0 saturated heterocycles. The highest BCUT2D eigenvalue weighted by Gasteiger charge is 2.54. The summed E-state index contributed by atoms with van der Waals surface area (Å²) in [6, 6.07) is 91.1. The molecule has 0 fully saturated rings. The summed E-state index contributed by atoms with van der Waals surface area (Å²) >= 11 is 0. The second-order valence-electron chi connectivity index (χ2n) is 18.6. The molecule has 0 amide bonds. The maximum Gasteiger partial charge on any atom is 0.132 e. The fourth-order valence-electron chi connectivity index (χ4n) is 12.8. The molecule has 322 valence electrons. The Morgan fingerprint density at radius 3 is 1.22 bits per heavy atom. The van der Waals surface area contributed by atoms with Gasteiger partial charge in [0, 0.05) is 38.9 Å². The molecule has 0 saturated carbocycles. The van der Waals surface area contributed by atoms with Gasteiger partial charge in [-0.3, -0.25) is 0 Å². The third-order valence-corrected chi connectivity index (χ3v) is 15.4. The number of hydrogen-bond donors (Lipinski definition) is 0. The molecule has 11 aromatic carbocycles. The molecular weight excluding hydrogens is 839 g/mol. The summed E-state index contributed by atoms with van der Waals surface area (Å²) in [6.45, 7) is 0. The van der Waals surface area contributed by atoms with Crippen molar-refractivity contribution < 1.29 is 9.47 Å². The van der Waals surface area contributed by atoms with Gasteiger partial charge in [-0.2, -0.15) is 0 Å². The minimum atomic E-state index is -0.675. The molecule has 0 N–H and O–H groups in total. The number of ether oxygens (including phenoxy) is 2. The minimum Gasteiger partial charge on any atom is -0.457 e. The lowest BCUT2D eigenvalue weighted by atomic mass is 9.66. The zero-order valence-corrected chi connectivity index (χ0v) is 37.4. The Balaban J connectivity index is 1.10. The summed E-state index contributed by atoms with van der Waals surface area (Å²) < 4.78 is 13.6. The van der Waals surface area contributed by atoms with Crippen LogP contribution in [0.25, 0.3) is 44.2 Å². The number of hydrogen-bond acceptors (Lipinski definition) is 3. The molecule has 2 aliphatic heterocycles. The summed E-state index contributed by atoms with van der Waals surface area (Å²) in [7, 11) is 0. The van der Waals surface area contributed by atoms with Gasteiger partial charge in [0.2, 0.25) is 0 Å². The van der Waals surface area contributed by atoms with Gasteiger partial charge in [0.05, 0.1) is 27.9 Å². The van der Waals surface area contributed by atoms with Gasteiger partial charge >= 0.3 is 0 Å². The van der Waals surface area contributed by atoms with E-state index in [0.29, 0.717) is 0 Å². The van der Waals surface area contributed by atoms with Gasteiger partial charge in [0.25, 0.3) is 0 Å². The van der Waals surface area contributed by atoms with Crippen molar-refractivity contribution in [3.63, 3.8) is 0 Å². The molecule has 11 aromatic rings. The average molecular weight is 880 g/mol. The van der Waals surface area contributed by atoms with E-state index in [4.69, 9.17) is 9.47 Å². The largest absolute Gasteiger partial charge is 0.457 e. The Kier molecular flexibility index (Phi) is 7.92. The average Bonchev–Trinajstić information content (AvgIpc) is 3.87. The van der Waals surface area contributed by atoms with Gasteiger partial charge in [-0.15, -0.1) is 0 Å². The maximum absolute atomic E-state index is 6.83. The number of nitrogens with zero attached hydrogens (tertiary/aromatic N) is 1. The van der Waals surface area contributed by atoms with Gasteiger partial charge in [-0.05, 0) is 104 Å². The molecule has 0 unspecified atom stereocenters. The summed E-state index contributed by atoms with van der Waals surface area (Å²) in [5.41, 5.74) is 18.6. The van der Waals surface area contributed by atoms with E-state index in [0.717, 1.165) is 73.4 Å². The van der Waals surface area contributed by atoms with Gasteiger partial charge in [0.1, 0.15) is 23.0 Å². The van der Waals surface area contributed by atoms with Crippen LogP contribution in [0.1, 0.15) is 44.5 Å². The number of anilines is 3. The zero-order valence-electron chi connectivity index (χ0n) is 37.4. The Labute approximate surface area is 400 Å². The SMILES string of the molecule is c1ccc(-c2ccccc2N(c2cccc3c2-c2ccccc2C32c3ccccc3Oc3ccccc32)c2cccc3c2-c2cc4ccccc4cc2C32c3ccccc3Oc3ccccc32)cc1. The second-order valence-corrected chi connectivity index (χ2v) is 18.6. The highest BCUT2D eigenvalue weighted by atomic mass is 16.5. The van der Waals surface area contributed by atoms with Crippen molar-refractivity contribution in [1.82, 2.24) is 0 Å². The summed E-state index contributed by atoms with van der Waals surface area (Å²) in [5.74, 6) is 3.50. The molecule has 0 atom stereocenters. The standard InChI is InChI=1S/C66H41NO2/c1-2-20-42(21-3-1)45-24-7-13-33-56(45)67(57-34-18-31-53-63(57)46-25-6-8-26-48(46)65(53)49-27-9-14-36-59(49)68-60-37-15-10-28-50(60)65)58-35-19-32-54-64(58)47-40-43-22-4-5-23-44(43)41-55(47)66(54)51-29-11-16-38-61(51)69-62-39-17-12-30-52(62)66/h1-41H. The molecule has 4 aliphatic rings. The molecule has 2 heterocycles. The molecule has 2 aliphatic carbocycles. The second kappa shape index (κ2) is 14.3. The van der Waals surface area contributed by atoms with E-state index in [1.165, 1.54) is 55.3 Å². The van der Waals surface area contributed by atoms with E-state index < -0.39 is 10.8 Å². The Bertz CT molecular complexity index is 3850. The quantitative estimate of drug-likeness (QED) is 0.176. The third kappa shape index (κ3) is 5.01. The van der Waals surface area contributed by atoms with E-state index in [2.05, 4.69) is 254 Å². The van der Waals surface area contributed by atoms with E-state index in [1.807, 2.05) is 0 Å². The smallest absolute Gasteiger partial charge is 0.132 e. The van der Waals surface area contributed by atoms with Crippen LogP contribution >= 0.6 is 0 Å². The first kappa shape index (κ1) is 38.2. The Hall–Kier alpha value is -8.92. The summed E-state index contributed by atoms with van der Waals surface area (Å²) in [4.78, 5) is 2.59. The predicted molar refractivity (Wildman–Crippen MR) is 279 cm³/mol. The van der Waals surface area contributed by atoms with Crippen molar-refractivity contribution in [2.45, 2.75) is 10.8 Å². The van der Waals surface area contributed by atoms with Crippen LogP contribution in [0.5, 0.6) is 23.0 Å². The molecule has 3 heteroatoms. The van der Waals surface area contributed by atoms with Crippen LogP contribution in [0, 0.1) is 0 Å². The highest BCUT2D eigenvalue weighted by Crippen LogP contribution is 2.67. The van der Waals surface area contributed by atoms with Crippen molar-refractivity contribution in [2.75, 3.05) is 4.90 Å². The monoisotopic (exact) mass is 879 g/mol. The maximum atomic E-state index is 6.83. The lowest BCUT2D eigenvalue weighted by Gasteiger charge is -2.40. The number of fused-ring (bicyclic) bond motifs is 19. The highest BCUT2D eigenvalue weighted by molar-refractivity contribution is 6.06. The lowest BCUT2D eigenvalue weighted by molar-refractivity contribution is 0.436. The molecule has 0 aromatic heterocycles. The van der Waals surface area contributed by atoms with Crippen LogP contribution < -0.4 is 14.4 Å². The van der Waals surface area contributed by atoms with Crippen LogP contribution in [0.3, 0.4) is 0 Å². The van der Waals surface area contributed by atoms with Crippen molar-refractivity contribution in [3.8, 4) is 56.4 Å². The van der Waals surface area contributed by atoms with Crippen LogP contribution in [0.4, 0.5) is 17.1 Å². The van der Waals surface area contributed by atoms with Crippen molar-refractivity contribution >= 4 is 27.8 Å². The minimum absolute atomic E-state index is 0.637. The molecule has 0 radical (unpaired) electrons. The number of benzene rings is 11. The number of para-hydroxylation sites is 5.